The van der Waals surface area contributed by atoms with Crippen molar-refractivity contribution < 1.29 is 4.79 Å². The second-order valence-electron chi connectivity index (χ2n) is 10.0. The number of likely N-dealkylation sites (tertiary alicyclic amines) is 1. The number of carbonyl (C=O) groups excluding carboxylic acids is 1. The van der Waals surface area contributed by atoms with Gasteiger partial charge >= 0.3 is 0 Å². The number of pyridine rings is 2. The largest absolute Gasteiger partial charge is 0.357 e. The molecule has 4 aromatic rings. The van der Waals surface area contributed by atoms with E-state index in [9.17, 15) is 10.1 Å². The van der Waals surface area contributed by atoms with Crippen LogP contribution in [0.25, 0.3) is 27.8 Å². The van der Waals surface area contributed by atoms with E-state index in [-0.39, 0.29) is 11.3 Å². The number of piperidine rings is 1. The van der Waals surface area contributed by atoms with Gasteiger partial charge in [0.15, 0.2) is 0 Å². The molecule has 0 saturated carbocycles. The number of hydrogen-bond donors (Lipinski definition) is 0. The molecule has 1 amide bonds. The van der Waals surface area contributed by atoms with E-state index in [0.717, 1.165) is 79.0 Å². The maximum Gasteiger partial charge on any atom is 0.298 e. The van der Waals surface area contributed by atoms with Crippen molar-refractivity contribution in [3.05, 3.63) is 54.7 Å². The summed E-state index contributed by atoms with van der Waals surface area (Å²) in [4.78, 5) is 20.9. The molecule has 2 fully saturated rings. The third kappa shape index (κ3) is 3.99. The lowest BCUT2D eigenvalue weighted by Crippen LogP contribution is -2.42. The van der Waals surface area contributed by atoms with E-state index in [1.807, 2.05) is 42.8 Å². The van der Waals surface area contributed by atoms with Gasteiger partial charge in [-0.05, 0) is 48.8 Å². The normalized spacial score (nSPS) is 16.7. The number of aromatic nitrogens is 5. The fraction of sp³-hybridized carbons (Fsp3) is 0.321. The average molecular weight is 491 g/mol. The number of anilines is 1. The van der Waals surface area contributed by atoms with Crippen LogP contribution in [0.15, 0.2) is 49.2 Å². The second kappa shape index (κ2) is 8.79. The molecule has 9 heteroatoms. The summed E-state index contributed by atoms with van der Waals surface area (Å²) < 4.78 is 3.52. The van der Waals surface area contributed by atoms with E-state index in [1.54, 1.807) is 15.4 Å². The molecule has 0 radical (unpaired) electrons. The molecule has 184 valence electrons. The number of terminal acetylenes is 1. The molecule has 2 aliphatic heterocycles. The van der Waals surface area contributed by atoms with Crippen LogP contribution in [0.2, 0.25) is 0 Å². The van der Waals surface area contributed by atoms with Crippen LogP contribution in [0.3, 0.4) is 0 Å². The Kier molecular flexibility index (Phi) is 5.42. The summed E-state index contributed by atoms with van der Waals surface area (Å²) in [7, 11) is 1.88. The van der Waals surface area contributed by atoms with Crippen molar-refractivity contribution in [3.8, 4) is 40.7 Å². The van der Waals surface area contributed by atoms with Gasteiger partial charge in [-0.2, -0.15) is 15.5 Å². The molecular weight excluding hydrogens is 464 g/mol. The molecular formula is C28H26N8O. The number of rotatable bonds is 3. The Morgan fingerprint density at radius 2 is 1.84 bits per heavy atom. The topological polar surface area (TPSA) is 95.4 Å². The fourth-order valence-corrected chi connectivity index (χ4v) is 5.70. The van der Waals surface area contributed by atoms with Crippen LogP contribution in [-0.2, 0) is 11.8 Å². The van der Waals surface area contributed by atoms with E-state index in [0.29, 0.717) is 5.56 Å². The second-order valence-corrected chi connectivity index (χ2v) is 10.0. The summed E-state index contributed by atoms with van der Waals surface area (Å²) in [5, 5.41) is 18.4. The van der Waals surface area contributed by atoms with E-state index in [4.69, 9.17) is 11.4 Å². The molecule has 6 heterocycles. The Labute approximate surface area is 214 Å². The van der Waals surface area contributed by atoms with Crippen molar-refractivity contribution in [2.75, 3.05) is 31.1 Å². The quantitative estimate of drug-likeness (QED) is 0.410. The van der Waals surface area contributed by atoms with Crippen LogP contribution < -0.4 is 4.90 Å². The first-order valence-electron chi connectivity index (χ1n) is 12.4. The first-order chi connectivity index (χ1) is 18.0. The summed E-state index contributed by atoms with van der Waals surface area (Å²) in [6, 6.07) is 8.44. The van der Waals surface area contributed by atoms with Gasteiger partial charge in [-0.25, -0.2) is 9.50 Å². The minimum atomic E-state index is -0.198. The highest BCUT2D eigenvalue weighted by atomic mass is 16.2. The zero-order valence-electron chi connectivity index (χ0n) is 20.6. The Hall–Kier alpha value is -4.63. The van der Waals surface area contributed by atoms with Gasteiger partial charge < -0.3 is 9.80 Å². The van der Waals surface area contributed by atoms with Gasteiger partial charge in [-0.15, -0.1) is 6.42 Å². The molecule has 0 aliphatic carbocycles. The predicted octanol–water partition coefficient (Wildman–Crippen LogP) is 3.12. The van der Waals surface area contributed by atoms with Crippen molar-refractivity contribution in [1.29, 1.82) is 5.26 Å². The van der Waals surface area contributed by atoms with Crippen molar-refractivity contribution >= 4 is 17.2 Å². The highest BCUT2D eigenvalue weighted by molar-refractivity contribution is 5.93. The third-order valence-corrected chi connectivity index (χ3v) is 7.83. The standard InChI is InChI=1S/C28H26N8O/c1-3-26(37)35-11-8-28(19-35)6-9-34(10-7-28)25-5-4-20(14-30-25)24-12-21(23-16-31-33(2)17-23)18-36-27(24)22(13-29)15-32-36/h1,4-5,12,14-18H,6-11,19H2,2H3. The van der Waals surface area contributed by atoms with Gasteiger partial charge in [-0.3, -0.25) is 9.48 Å². The van der Waals surface area contributed by atoms with Crippen molar-refractivity contribution in [2.45, 2.75) is 19.3 Å². The van der Waals surface area contributed by atoms with Crippen LogP contribution in [0.1, 0.15) is 24.8 Å². The number of aryl methyl sites for hydroxylation is 1. The summed E-state index contributed by atoms with van der Waals surface area (Å²) >= 11 is 0. The Morgan fingerprint density at radius 3 is 2.51 bits per heavy atom. The zero-order valence-corrected chi connectivity index (χ0v) is 20.6. The van der Waals surface area contributed by atoms with Gasteiger partial charge in [0, 0.05) is 74.1 Å². The van der Waals surface area contributed by atoms with E-state index in [1.165, 1.54) is 0 Å². The Bertz CT molecular complexity index is 1580. The first-order valence-corrected chi connectivity index (χ1v) is 12.4. The minimum absolute atomic E-state index is 0.164. The lowest BCUT2D eigenvalue weighted by Gasteiger charge is -2.39. The monoisotopic (exact) mass is 490 g/mol. The number of hydrogen-bond acceptors (Lipinski definition) is 6. The van der Waals surface area contributed by atoms with Crippen LogP contribution in [0.4, 0.5) is 5.82 Å². The van der Waals surface area contributed by atoms with Crippen LogP contribution in [0, 0.1) is 29.1 Å². The SMILES string of the molecule is C#CC(=O)N1CCC2(CCN(c3ccc(-c4cc(-c5cnn(C)c5)cn5ncc(C#N)c45)cn3)CC2)C1. The first kappa shape index (κ1) is 22.8. The third-order valence-electron chi connectivity index (χ3n) is 7.83. The lowest BCUT2D eigenvalue weighted by molar-refractivity contribution is -0.124. The van der Waals surface area contributed by atoms with E-state index in [2.05, 4.69) is 39.2 Å². The summed E-state index contributed by atoms with van der Waals surface area (Å²) in [5.74, 6) is 2.99. The number of carbonyl (C=O) groups is 1. The highest BCUT2D eigenvalue weighted by Gasteiger charge is 2.42. The van der Waals surface area contributed by atoms with Crippen molar-refractivity contribution in [3.63, 3.8) is 0 Å². The fourth-order valence-electron chi connectivity index (χ4n) is 5.70. The van der Waals surface area contributed by atoms with Gasteiger partial charge in [0.1, 0.15) is 11.9 Å². The van der Waals surface area contributed by atoms with Gasteiger partial charge in [0.05, 0.1) is 23.5 Å². The number of amides is 1. The predicted molar refractivity (Wildman–Crippen MR) is 139 cm³/mol. The molecule has 2 aliphatic rings. The van der Waals surface area contributed by atoms with Crippen molar-refractivity contribution in [1.82, 2.24) is 29.3 Å². The summed E-state index contributed by atoms with van der Waals surface area (Å²) in [6.45, 7) is 3.30. The van der Waals surface area contributed by atoms with Crippen LogP contribution in [0.5, 0.6) is 0 Å². The van der Waals surface area contributed by atoms with Crippen LogP contribution in [-0.4, -0.2) is 61.4 Å². The molecule has 0 aromatic carbocycles. The van der Waals surface area contributed by atoms with E-state index < -0.39 is 0 Å². The molecule has 9 nitrogen and oxygen atoms in total. The molecule has 0 N–H and O–H groups in total. The Balaban J connectivity index is 1.26. The molecule has 2 saturated heterocycles. The van der Waals surface area contributed by atoms with Crippen molar-refractivity contribution in [2.24, 2.45) is 12.5 Å². The highest BCUT2D eigenvalue weighted by Crippen LogP contribution is 2.41. The maximum absolute atomic E-state index is 11.9. The smallest absolute Gasteiger partial charge is 0.298 e. The Morgan fingerprint density at radius 1 is 1.03 bits per heavy atom. The number of fused-ring (bicyclic) bond motifs is 1. The molecule has 4 aromatic heterocycles. The molecule has 0 atom stereocenters. The zero-order chi connectivity index (χ0) is 25.6. The maximum atomic E-state index is 11.9. The van der Waals surface area contributed by atoms with E-state index >= 15 is 0 Å². The average Bonchev–Trinajstić information content (AvgIpc) is 3.67. The van der Waals surface area contributed by atoms with Gasteiger partial charge in [0.25, 0.3) is 5.91 Å². The number of nitrogens with zero attached hydrogens (tertiary/aromatic N) is 8. The molecule has 6 rings (SSSR count). The summed E-state index contributed by atoms with van der Waals surface area (Å²) in [5.41, 5.74) is 5.20. The minimum Gasteiger partial charge on any atom is -0.357 e. The van der Waals surface area contributed by atoms with Gasteiger partial charge in [0.2, 0.25) is 0 Å². The molecule has 37 heavy (non-hydrogen) atoms. The molecule has 1 spiro atoms. The molecule has 0 unspecified atom stereocenters. The number of nitriles is 1. The van der Waals surface area contributed by atoms with Crippen LogP contribution >= 0.6 is 0 Å². The molecule has 0 bridgehead atoms. The summed E-state index contributed by atoms with van der Waals surface area (Å²) in [6.07, 6.45) is 17.5. The van der Waals surface area contributed by atoms with Gasteiger partial charge in [-0.1, -0.05) is 0 Å². The lowest BCUT2D eigenvalue weighted by atomic mass is 9.78.